The maximum atomic E-state index is 12.1. The average molecular weight is 436 g/mol. The molecule has 0 saturated carbocycles. The maximum Gasteiger partial charge on any atom is 0.262 e. The first-order valence-corrected chi connectivity index (χ1v) is 8.51. The van der Waals surface area contributed by atoms with Crippen LogP contribution in [0, 0.1) is 17.4 Å². The van der Waals surface area contributed by atoms with Gasteiger partial charge >= 0.3 is 0 Å². The number of ether oxygens (including phenoxy) is 1. The van der Waals surface area contributed by atoms with Gasteiger partial charge in [0.25, 0.3) is 5.91 Å². The van der Waals surface area contributed by atoms with E-state index >= 15 is 0 Å². The van der Waals surface area contributed by atoms with E-state index in [-0.39, 0.29) is 12.5 Å². The van der Waals surface area contributed by atoms with Crippen LogP contribution in [0.1, 0.15) is 11.3 Å². The standard InChI is InChI=1S/C17H17IN4O2/c1-10-8-11(2)19-16-15(10)17(21-22(16)3)24-9-14(23)20-13-7-5-4-6-12(13)18/h4-8H,9H2,1-3H3,(H,20,23). The van der Waals surface area contributed by atoms with Gasteiger partial charge in [0, 0.05) is 16.3 Å². The highest BCUT2D eigenvalue weighted by Crippen LogP contribution is 2.27. The van der Waals surface area contributed by atoms with Crippen molar-refractivity contribution in [3.8, 4) is 5.88 Å². The Balaban J connectivity index is 1.76. The zero-order chi connectivity index (χ0) is 17.3. The Morgan fingerprint density at radius 3 is 2.83 bits per heavy atom. The summed E-state index contributed by atoms with van der Waals surface area (Å²) in [7, 11) is 1.81. The Morgan fingerprint density at radius 1 is 1.33 bits per heavy atom. The van der Waals surface area contributed by atoms with E-state index in [2.05, 4.69) is 38.0 Å². The summed E-state index contributed by atoms with van der Waals surface area (Å²) in [4.78, 5) is 16.6. The fourth-order valence-electron chi connectivity index (χ4n) is 2.53. The number of nitrogens with zero attached hydrogens (tertiary/aromatic N) is 3. The highest BCUT2D eigenvalue weighted by molar-refractivity contribution is 14.1. The zero-order valence-corrected chi connectivity index (χ0v) is 15.8. The molecule has 2 heterocycles. The fourth-order valence-corrected chi connectivity index (χ4v) is 3.06. The summed E-state index contributed by atoms with van der Waals surface area (Å²) >= 11 is 2.18. The zero-order valence-electron chi connectivity index (χ0n) is 13.6. The summed E-state index contributed by atoms with van der Waals surface area (Å²) in [6.07, 6.45) is 0. The minimum absolute atomic E-state index is 0.107. The minimum atomic E-state index is -0.226. The normalized spacial score (nSPS) is 10.8. The molecule has 124 valence electrons. The number of benzene rings is 1. The van der Waals surface area contributed by atoms with Gasteiger partial charge in [-0.2, -0.15) is 0 Å². The van der Waals surface area contributed by atoms with E-state index < -0.39 is 0 Å². The summed E-state index contributed by atoms with van der Waals surface area (Å²) in [6, 6.07) is 9.56. The van der Waals surface area contributed by atoms with Crippen LogP contribution >= 0.6 is 22.6 Å². The van der Waals surface area contributed by atoms with Crippen LogP contribution in [0.25, 0.3) is 11.0 Å². The molecule has 0 atom stereocenters. The third kappa shape index (κ3) is 3.35. The van der Waals surface area contributed by atoms with Gasteiger partial charge in [0.05, 0.1) is 11.1 Å². The van der Waals surface area contributed by atoms with Crippen molar-refractivity contribution >= 4 is 45.2 Å². The van der Waals surface area contributed by atoms with Gasteiger partial charge < -0.3 is 10.1 Å². The first-order chi connectivity index (χ1) is 11.5. The molecular weight excluding hydrogens is 419 g/mol. The molecule has 7 heteroatoms. The molecule has 3 aromatic rings. The van der Waals surface area contributed by atoms with E-state index in [4.69, 9.17) is 4.74 Å². The minimum Gasteiger partial charge on any atom is -0.466 e. The molecule has 3 rings (SSSR count). The molecule has 0 unspecified atom stereocenters. The number of rotatable bonds is 4. The molecule has 0 bridgehead atoms. The molecule has 1 amide bonds. The maximum absolute atomic E-state index is 12.1. The molecular formula is C17H17IN4O2. The Hall–Kier alpha value is -2.16. The van der Waals surface area contributed by atoms with E-state index in [1.807, 2.05) is 51.2 Å². The van der Waals surface area contributed by atoms with Gasteiger partial charge in [-0.25, -0.2) is 9.67 Å². The molecule has 24 heavy (non-hydrogen) atoms. The predicted molar refractivity (Wildman–Crippen MR) is 101 cm³/mol. The number of anilines is 1. The van der Waals surface area contributed by atoms with Crippen molar-refractivity contribution in [1.29, 1.82) is 0 Å². The van der Waals surface area contributed by atoms with Crippen molar-refractivity contribution in [2.75, 3.05) is 11.9 Å². The SMILES string of the molecule is Cc1cc(C)c2c(OCC(=O)Nc3ccccc3I)nn(C)c2n1. The third-order valence-corrected chi connectivity index (χ3v) is 4.52. The number of para-hydroxylation sites is 1. The Labute approximate surface area is 153 Å². The van der Waals surface area contributed by atoms with Crippen LogP contribution in [0.4, 0.5) is 5.69 Å². The highest BCUT2D eigenvalue weighted by atomic mass is 127. The van der Waals surface area contributed by atoms with Gasteiger partial charge in [0.15, 0.2) is 12.3 Å². The lowest BCUT2D eigenvalue weighted by Crippen LogP contribution is -2.20. The third-order valence-electron chi connectivity index (χ3n) is 3.57. The molecule has 0 aliphatic rings. The number of halogens is 1. The molecule has 0 fully saturated rings. The molecule has 0 aliphatic carbocycles. The number of pyridine rings is 1. The van der Waals surface area contributed by atoms with Crippen molar-refractivity contribution in [1.82, 2.24) is 14.8 Å². The Bertz CT molecular complexity index is 920. The molecule has 0 saturated heterocycles. The monoisotopic (exact) mass is 436 g/mol. The highest BCUT2D eigenvalue weighted by Gasteiger charge is 2.15. The smallest absolute Gasteiger partial charge is 0.262 e. The number of hydrogen-bond acceptors (Lipinski definition) is 4. The van der Waals surface area contributed by atoms with Crippen molar-refractivity contribution in [2.24, 2.45) is 7.05 Å². The van der Waals surface area contributed by atoms with E-state index in [1.165, 1.54) is 0 Å². The number of nitrogens with one attached hydrogen (secondary N) is 1. The van der Waals surface area contributed by atoms with Crippen LogP contribution in [0.15, 0.2) is 30.3 Å². The largest absolute Gasteiger partial charge is 0.466 e. The molecule has 0 aliphatic heterocycles. The summed E-state index contributed by atoms with van der Waals surface area (Å²) < 4.78 is 8.29. The Morgan fingerprint density at radius 2 is 2.08 bits per heavy atom. The summed E-state index contributed by atoms with van der Waals surface area (Å²) in [5.41, 5.74) is 3.47. The lowest BCUT2D eigenvalue weighted by Gasteiger charge is -2.08. The summed E-state index contributed by atoms with van der Waals surface area (Å²) in [6.45, 7) is 3.82. The van der Waals surface area contributed by atoms with E-state index in [9.17, 15) is 4.79 Å². The number of amides is 1. The van der Waals surface area contributed by atoms with Gasteiger partial charge in [0.1, 0.15) is 0 Å². The van der Waals surface area contributed by atoms with Crippen LogP contribution in [0.3, 0.4) is 0 Å². The second kappa shape index (κ2) is 6.76. The molecule has 1 aromatic carbocycles. The molecule has 6 nitrogen and oxygen atoms in total. The van der Waals surface area contributed by atoms with Crippen molar-refractivity contribution in [3.63, 3.8) is 0 Å². The van der Waals surface area contributed by atoms with Crippen molar-refractivity contribution < 1.29 is 9.53 Å². The predicted octanol–water partition coefficient (Wildman–Crippen LogP) is 3.21. The van der Waals surface area contributed by atoms with Crippen LogP contribution in [0.5, 0.6) is 5.88 Å². The number of hydrogen-bond donors (Lipinski definition) is 1. The van der Waals surface area contributed by atoms with E-state index in [1.54, 1.807) is 4.68 Å². The second-order valence-corrected chi connectivity index (χ2v) is 6.69. The first-order valence-electron chi connectivity index (χ1n) is 7.44. The van der Waals surface area contributed by atoms with Crippen LogP contribution in [-0.2, 0) is 11.8 Å². The molecule has 1 N–H and O–H groups in total. The Kier molecular flexibility index (Phi) is 4.70. The molecule has 2 aromatic heterocycles. The number of fused-ring (bicyclic) bond motifs is 1. The van der Waals surface area contributed by atoms with Gasteiger partial charge in [0.2, 0.25) is 5.88 Å². The van der Waals surface area contributed by atoms with Crippen molar-refractivity contribution in [2.45, 2.75) is 13.8 Å². The van der Waals surface area contributed by atoms with E-state index in [0.717, 1.165) is 31.5 Å². The van der Waals surface area contributed by atoms with Gasteiger partial charge in [-0.15, -0.1) is 5.10 Å². The number of aromatic nitrogens is 3. The number of carbonyl (C=O) groups excluding carboxylic acids is 1. The molecule has 0 radical (unpaired) electrons. The van der Waals surface area contributed by atoms with Gasteiger partial charge in [-0.05, 0) is 60.2 Å². The number of carbonyl (C=O) groups is 1. The van der Waals surface area contributed by atoms with Crippen LogP contribution < -0.4 is 10.1 Å². The summed E-state index contributed by atoms with van der Waals surface area (Å²) in [5.74, 6) is 0.200. The second-order valence-electron chi connectivity index (χ2n) is 5.52. The van der Waals surface area contributed by atoms with Crippen LogP contribution in [-0.4, -0.2) is 27.3 Å². The lowest BCUT2D eigenvalue weighted by atomic mass is 10.2. The lowest BCUT2D eigenvalue weighted by molar-refractivity contribution is -0.118. The van der Waals surface area contributed by atoms with Crippen LogP contribution in [0.2, 0.25) is 0 Å². The van der Waals surface area contributed by atoms with Crippen molar-refractivity contribution in [3.05, 3.63) is 45.2 Å². The first kappa shape index (κ1) is 16.7. The average Bonchev–Trinajstić information content (AvgIpc) is 2.84. The van der Waals surface area contributed by atoms with E-state index in [0.29, 0.717) is 5.88 Å². The molecule has 0 spiro atoms. The fraction of sp³-hybridized carbons (Fsp3) is 0.235. The number of aryl methyl sites for hydroxylation is 3. The summed E-state index contributed by atoms with van der Waals surface area (Å²) in [5, 5.41) is 8.01. The van der Waals surface area contributed by atoms with Gasteiger partial charge in [-0.1, -0.05) is 12.1 Å². The topological polar surface area (TPSA) is 69.0 Å². The quantitative estimate of drug-likeness (QED) is 0.638. The van der Waals surface area contributed by atoms with Gasteiger partial charge in [-0.3, -0.25) is 4.79 Å².